The maximum Gasteiger partial charge on any atom is 0.251 e. The first-order chi connectivity index (χ1) is 12.5. The number of carbonyl (C=O) groups is 2. The number of carbonyl (C=O) groups excluding carboxylic acids is 2. The van der Waals surface area contributed by atoms with Crippen LogP contribution in [0.25, 0.3) is 0 Å². The number of rotatable bonds is 5. The molecule has 0 atom stereocenters. The van der Waals surface area contributed by atoms with E-state index in [-0.39, 0.29) is 11.8 Å². The van der Waals surface area contributed by atoms with E-state index in [1.807, 2.05) is 67.2 Å². The van der Waals surface area contributed by atoms with Crippen LogP contribution in [0.15, 0.2) is 42.5 Å². The molecule has 5 heteroatoms. The lowest BCUT2D eigenvalue weighted by molar-refractivity contribution is -0.118. The van der Waals surface area contributed by atoms with Gasteiger partial charge in [-0.15, -0.1) is 0 Å². The molecule has 0 spiro atoms. The van der Waals surface area contributed by atoms with Gasteiger partial charge >= 0.3 is 0 Å². The summed E-state index contributed by atoms with van der Waals surface area (Å²) in [5.41, 5.74) is 4.83. The molecule has 136 valence electrons. The number of fused-ring (bicyclic) bond motifs is 1. The zero-order valence-corrected chi connectivity index (χ0v) is 15.6. The van der Waals surface area contributed by atoms with Crippen molar-refractivity contribution < 1.29 is 9.59 Å². The predicted molar refractivity (Wildman–Crippen MR) is 105 cm³/mol. The molecule has 0 aromatic heterocycles. The third-order valence-corrected chi connectivity index (χ3v) is 4.75. The van der Waals surface area contributed by atoms with Crippen LogP contribution in [-0.4, -0.2) is 32.5 Å². The number of nitrogens with one attached hydrogen (secondary N) is 1. The predicted octanol–water partition coefficient (Wildman–Crippen LogP) is 2.98. The van der Waals surface area contributed by atoms with Gasteiger partial charge in [0, 0.05) is 50.5 Å². The zero-order chi connectivity index (χ0) is 18.7. The number of benzene rings is 2. The van der Waals surface area contributed by atoms with Gasteiger partial charge in [0.15, 0.2) is 0 Å². The smallest absolute Gasteiger partial charge is 0.251 e. The maximum absolute atomic E-state index is 12.5. The Morgan fingerprint density at radius 2 is 1.85 bits per heavy atom. The van der Waals surface area contributed by atoms with Crippen LogP contribution in [0.3, 0.4) is 0 Å². The van der Waals surface area contributed by atoms with Gasteiger partial charge in [0.25, 0.3) is 5.91 Å². The molecule has 2 aromatic carbocycles. The van der Waals surface area contributed by atoms with Crippen molar-refractivity contribution in [2.45, 2.75) is 26.3 Å². The van der Waals surface area contributed by atoms with Gasteiger partial charge in [-0.1, -0.05) is 19.1 Å². The highest BCUT2D eigenvalue weighted by Gasteiger charge is 2.24. The van der Waals surface area contributed by atoms with Gasteiger partial charge < -0.3 is 15.1 Å². The highest BCUT2D eigenvalue weighted by atomic mass is 16.2. The highest BCUT2D eigenvalue weighted by Crippen LogP contribution is 2.29. The molecule has 1 aliphatic rings. The summed E-state index contributed by atoms with van der Waals surface area (Å²) in [5.74, 6) is 0.0341. The molecular formula is C21H25N3O2. The molecule has 1 heterocycles. The summed E-state index contributed by atoms with van der Waals surface area (Å²) in [4.78, 5) is 28.3. The Balaban J connectivity index is 1.65. The van der Waals surface area contributed by atoms with Crippen molar-refractivity contribution in [3.05, 3.63) is 59.2 Å². The minimum absolute atomic E-state index is 0.0928. The summed E-state index contributed by atoms with van der Waals surface area (Å²) in [7, 11) is 4.00. The molecule has 2 amide bonds. The fraction of sp³-hybridized carbons (Fsp3) is 0.333. The van der Waals surface area contributed by atoms with Crippen molar-refractivity contribution in [3.63, 3.8) is 0 Å². The molecule has 3 rings (SSSR count). The first-order valence-electron chi connectivity index (χ1n) is 8.97. The van der Waals surface area contributed by atoms with Crippen molar-refractivity contribution in [2.75, 3.05) is 30.4 Å². The molecule has 0 aliphatic carbocycles. The van der Waals surface area contributed by atoms with Crippen LogP contribution < -0.4 is 15.1 Å². The van der Waals surface area contributed by atoms with Crippen molar-refractivity contribution >= 4 is 23.2 Å². The van der Waals surface area contributed by atoms with E-state index in [0.717, 1.165) is 28.9 Å². The molecule has 0 radical (unpaired) electrons. The highest BCUT2D eigenvalue weighted by molar-refractivity contribution is 5.98. The molecule has 26 heavy (non-hydrogen) atoms. The fourth-order valence-electron chi connectivity index (χ4n) is 3.19. The van der Waals surface area contributed by atoms with Crippen molar-refractivity contribution in [1.82, 2.24) is 5.32 Å². The van der Waals surface area contributed by atoms with E-state index in [0.29, 0.717) is 25.1 Å². The number of hydrogen-bond acceptors (Lipinski definition) is 3. The second-order valence-corrected chi connectivity index (χ2v) is 6.74. The van der Waals surface area contributed by atoms with Crippen molar-refractivity contribution in [1.29, 1.82) is 0 Å². The van der Waals surface area contributed by atoms with E-state index in [1.54, 1.807) is 6.07 Å². The number of amides is 2. The van der Waals surface area contributed by atoms with Crippen LogP contribution in [0.4, 0.5) is 11.4 Å². The molecule has 0 bridgehead atoms. The Morgan fingerprint density at radius 1 is 1.12 bits per heavy atom. The Labute approximate surface area is 154 Å². The SMILES string of the molecule is CCC(=O)N1CCc2cc(C(=O)NCc3ccc(N(C)C)cc3)ccc21. The maximum atomic E-state index is 12.5. The molecule has 0 saturated carbocycles. The van der Waals surface area contributed by atoms with E-state index in [9.17, 15) is 9.59 Å². The van der Waals surface area contributed by atoms with E-state index >= 15 is 0 Å². The van der Waals surface area contributed by atoms with Crippen LogP contribution in [0.1, 0.15) is 34.8 Å². The Hall–Kier alpha value is -2.82. The lowest BCUT2D eigenvalue weighted by Gasteiger charge is -2.16. The topological polar surface area (TPSA) is 52.7 Å². The van der Waals surface area contributed by atoms with Crippen molar-refractivity contribution in [2.24, 2.45) is 0 Å². The second kappa shape index (κ2) is 7.60. The fourth-order valence-corrected chi connectivity index (χ4v) is 3.19. The third kappa shape index (κ3) is 3.72. The molecule has 2 aromatic rings. The minimum atomic E-state index is -0.0928. The normalized spacial score (nSPS) is 12.7. The molecule has 0 fully saturated rings. The van der Waals surface area contributed by atoms with Gasteiger partial charge in [-0.05, 0) is 47.9 Å². The summed E-state index contributed by atoms with van der Waals surface area (Å²) in [6, 6.07) is 13.7. The third-order valence-electron chi connectivity index (χ3n) is 4.75. The monoisotopic (exact) mass is 351 g/mol. The van der Waals surface area contributed by atoms with Gasteiger partial charge in [0.05, 0.1) is 0 Å². The van der Waals surface area contributed by atoms with Crippen molar-refractivity contribution in [3.8, 4) is 0 Å². The molecule has 0 unspecified atom stereocenters. The first-order valence-corrected chi connectivity index (χ1v) is 8.97. The van der Waals surface area contributed by atoms with E-state index in [2.05, 4.69) is 5.32 Å². The second-order valence-electron chi connectivity index (χ2n) is 6.74. The average molecular weight is 351 g/mol. The van der Waals surface area contributed by atoms with Gasteiger partial charge in [-0.3, -0.25) is 9.59 Å². The largest absolute Gasteiger partial charge is 0.378 e. The molecule has 1 N–H and O–H groups in total. The molecule has 1 aliphatic heterocycles. The molecule has 0 saturated heterocycles. The number of hydrogen-bond donors (Lipinski definition) is 1. The first kappa shape index (κ1) is 18.0. The average Bonchev–Trinajstić information content (AvgIpc) is 3.09. The molecular weight excluding hydrogens is 326 g/mol. The van der Waals surface area contributed by atoms with E-state index in [1.165, 1.54) is 0 Å². The van der Waals surface area contributed by atoms with Gasteiger partial charge in [-0.2, -0.15) is 0 Å². The van der Waals surface area contributed by atoms with E-state index in [4.69, 9.17) is 0 Å². The lowest BCUT2D eigenvalue weighted by atomic mass is 10.1. The summed E-state index contributed by atoms with van der Waals surface area (Å²) >= 11 is 0. The lowest BCUT2D eigenvalue weighted by Crippen LogP contribution is -2.27. The van der Waals surface area contributed by atoms with Crippen LogP contribution in [0.2, 0.25) is 0 Å². The Bertz CT molecular complexity index is 813. The van der Waals surface area contributed by atoms with Gasteiger partial charge in [0.2, 0.25) is 5.91 Å². The summed E-state index contributed by atoms with van der Waals surface area (Å²) in [6.07, 6.45) is 1.29. The van der Waals surface area contributed by atoms with Crippen LogP contribution in [-0.2, 0) is 17.8 Å². The number of anilines is 2. The summed E-state index contributed by atoms with van der Waals surface area (Å²) < 4.78 is 0. The van der Waals surface area contributed by atoms with Crippen LogP contribution in [0.5, 0.6) is 0 Å². The summed E-state index contributed by atoms with van der Waals surface area (Å²) in [6.45, 7) is 3.06. The Kier molecular flexibility index (Phi) is 5.26. The van der Waals surface area contributed by atoms with Crippen LogP contribution >= 0.6 is 0 Å². The Morgan fingerprint density at radius 3 is 2.50 bits per heavy atom. The van der Waals surface area contributed by atoms with Crippen LogP contribution in [0, 0.1) is 0 Å². The molecule has 5 nitrogen and oxygen atoms in total. The van der Waals surface area contributed by atoms with Gasteiger partial charge in [-0.25, -0.2) is 0 Å². The quantitative estimate of drug-likeness (QED) is 0.901. The number of nitrogens with zero attached hydrogens (tertiary/aromatic N) is 2. The van der Waals surface area contributed by atoms with E-state index < -0.39 is 0 Å². The standard InChI is InChI=1S/C21H25N3O2/c1-4-20(25)24-12-11-16-13-17(7-10-19(16)24)21(26)22-14-15-5-8-18(9-6-15)23(2)3/h5-10,13H,4,11-12,14H2,1-3H3,(H,22,26). The summed E-state index contributed by atoms with van der Waals surface area (Å²) in [5, 5.41) is 2.97. The zero-order valence-electron chi connectivity index (χ0n) is 15.6. The minimum Gasteiger partial charge on any atom is -0.378 e. The van der Waals surface area contributed by atoms with Gasteiger partial charge in [0.1, 0.15) is 0 Å².